The number of nitrogens with zero attached hydrogens (tertiary/aromatic N) is 6. The van der Waals surface area contributed by atoms with Crippen LogP contribution in [-0.4, -0.2) is 34.9 Å². The second-order valence-corrected chi connectivity index (χ2v) is 10.4. The summed E-state index contributed by atoms with van der Waals surface area (Å²) >= 11 is 0. The molecule has 0 radical (unpaired) electrons. The molecule has 1 unspecified atom stereocenters. The molecule has 3 heterocycles. The van der Waals surface area contributed by atoms with Gasteiger partial charge in [0.15, 0.2) is 0 Å². The van der Waals surface area contributed by atoms with Crippen molar-refractivity contribution in [3.05, 3.63) is 91.0 Å². The SMILES string of the molecule is CCC1=NN(c2ccccc2)C(=O)C12[C@@]1(C(=O)N(c3ccccc3)N=C1C)[C@@]21C(=O)N(c2ccccc2)N=C1C. The van der Waals surface area contributed by atoms with E-state index in [1.54, 1.807) is 50.2 Å². The van der Waals surface area contributed by atoms with Crippen molar-refractivity contribution in [2.24, 2.45) is 31.5 Å². The van der Waals surface area contributed by atoms with Crippen LogP contribution in [0.3, 0.4) is 0 Å². The highest BCUT2D eigenvalue weighted by Gasteiger charge is 3.04. The van der Waals surface area contributed by atoms with Crippen LogP contribution in [0.1, 0.15) is 27.2 Å². The number of hydrazone groups is 3. The van der Waals surface area contributed by atoms with Gasteiger partial charge in [-0.05, 0) is 56.7 Å². The molecule has 3 aromatic rings. The number of fused-ring (bicyclic) bond motifs is 3. The molecule has 1 aliphatic carbocycles. The number of carbonyl (C=O) groups excluding carboxylic acids is 3. The monoisotopic (exact) mass is 530 g/mol. The molecule has 0 N–H and O–H groups in total. The minimum Gasteiger partial charge on any atom is -0.271 e. The normalized spacial score (nSPS) is 28.7. The highest BCUT2D eigenvalue weighted by Crippen LogP contribution is 2.85. The van der Waals surface area contributed by atoms with Gasteiger partial charge in [0.05, 0.1) is 34.2 Å². The Balaban J connectivity index is 1.48. The van der Waals surface area contributed by atoms with Gasteiger partial charge in [0.2, 0.25) is 0 Å². The van der Waals surface area contributed by atoms with Gasteiger partial charge in [0.1, 0.15) is 16.2 Å². The Kier molecular flexibility index (Phi) is 4.86. The van der Waals surface area contributed by atoms with Gasteiger partial charge in [-0.1, -0.05) is 61.5 Å². The summed E-state index contributed by atoms with van der Waals surface area (Å²) in [4.78, 5) is 44.3. The Morgan fingerprint density at radius 2 is 0.850 bits per heavy atom. The van der Waals surface area contributed by atoms with E-state index in [0.717, 1.165) is 0 Å². The maximum Gasteiger partial charge on any atom is 0.262 e. The summed E-state index contributed by atoms with van der Waals surface area (Å²) in [7, 11) is 0. The van der Waals surface area contributed by atoms with E-state index in [2.05, 4.69) is 0 Å². The fraction of sp³-hybridized carbons (Fsp3) is 0.226. The molecule has 198 valence electrons. The lowest BCUT2D eigenvalue weighted by molar-refractivity contribution is -0.126. The number of anilines is 3. The lowest BCUT2D eigenvalue weighted by Crippen LogP contribution is -2.40. The Bertz CT molecular complexity index is 1600. The molecule has 0 aromatic heterocycles. The zero-order chi connectivity index (χ0) is 27.9. The molecule has 3 atom stereocenters. The van der Waals surface area contributed by atoms with Crippen molar-refractivity contribution in [1.29, 1.82) is 0 Å². The summed E-state index contributed by atoms with van der Waals surface area (Å²) < 4.78 is 0. The Morgan fingerprint density at radius 3 is 1.20 bits per heavy atom. The molecular weight excluding hydrogens is 504 g/mol. The molecule has 4 aliphatic rings. The van der Waals surface area contributed by atoms with Gasteiger partial charge in [-0.15, -0.1) is 0 Å². The van der Waals surface area contributed by atoms with E-state index in [4.69, 9.17) is 15.3 Å². The van der Waals surface area contributed by atoms with Crippen LogP contribution >= 0.6 is 0 Å². The van der Waals surface area contributed by atoms with Gasteiger partial charge in [-0.3, -0.25) is 14.4 Å². The standard InChI is InChI=1S/C31H26N6O3/c1-4-25-31(28(40)37(34-25)24-18-12-7-13-19-24)29(20(2)32-35(26(29)38)22-14-8-5-9-15-22)30(31)21(3)33-36(27(30)39)23-16-10-6-11-17-23/h5-19H,4H2,1-3H3/t29-,30+,31?. The average molecular weight is 531 g/mol. The van der Waals surface area contributed by atoms with E-state index in [1.165, 1.54) is 15.0 Å². The molecule has 3 spiro atoms. The van der Waals surface area contributed by atoms with Crippen LogP contribution in [0, 0.1) is 16.2 Å². The maximum absolute atomic E-state index is 14.8. The highest BCUT2D eigenvalue weighted by atomic mass is 16.2. The van der Waals surface area contributed by atoms with Gasteiger partial charge in [-0.25, -0.2) is 0 Å². The minimum atomic E-state index is -1.61. The van der Waals surface area contributed by atoms with Gasteiger partial charge in [0, 0.05) is 0 Å². The van der Waals surface area contributed by atoms with Gasteiger partial charge < -0.3 is 0 Å². The number of benzene rings is 3. The fourth-order valence-corrected chi connectivity index (χ4v) is 7.30. The zero-order valence-electron chi connectivity index (χ0n) is 22.3. The predicted octanol–water partition coefficient (Wildman–Crippen LogP) is 4.62. The van der Waals surface area contributed by atoms with Gasteiger partial charge in [-0.2, -0.15) is 30.3 Å². The predicted molar refractivity (Wildman–Crippen MR) is 153 cm³/mol. The second kappa shape index (κ2) is 8.05. The lowest BCUT2D eigenvalue weighted by Gasteiger charge is -2.19. The first-order chi connectivity index (χ1) is 19.4. The topological polar surface area (TPSA) is 98.0 Å². The Hall–Kier alpha value is -4.92. The Morgan fingerprint density at radius 1 is 0.525 bits per heavy atom. The van der Waals surface area contributed by atoms with Crippen LogP contribution < -0.4 is 15.0 Å². The van der Waals surface area contributed by atoms with Crippen molar-refractivity contribution < 1.29 is 14.4 Å². The van der Waals surface area contributed by atoms with E-state index in [9.17, 15) is 14.4 Å². The number of hydrogen-bond donors (Lipinski definition) is 0. The first kappa shape index (κ1) is 24.1. The first-order valence-corrected chi connectivity index (χ1v) is 13.3. The largest absolute Gasteiger partial charge is 0.271 e. The molecule has 0 saturated heterocycles. The first-order valence-electron chi connectivity index (χ1n) is 13.3. The van der Waals surface area contributed by atoms with Crippen LogP contribution in [0.2, 0.25) is 0 Å². The van der Waals surface area contributed by atoms with Crippen LogP contribution in [-0.2, 0) is 14.4 Å². The molecule has 1 saturated carbocycles. The van der Waals surface area contributed by atoms with Gasteiger partial charge in [0.25, 0.3) is 17.7 Å². The molecule has 3 aliphatic heterocycles. The molecule has 9 nitrogen and oxygen atoms in total. The van der Waals surface area contributed by atoms with E-state index in [1.807, 2.05) is 61.5 Å². The summed E-state index contributed by atoms with van der Waals surface area (Å²) in [5.41, 5.74) is -1.90. The summed E-state index contributed by atoms with van der Waals surface area (Å²) in [5, 5.41) is 18.2. The third kappa shape index (κ3) is 2.44. The summed E-state index contributed by atoms with van der Waals surface area (Å²) in [6, 6.07) is 27.2. The quantitative estimate of drug-likeness (QED) is 0.492. The van der Waals surface area contributed by atoms with Crippen LogP contribution in [0.5, 0.6) is 0 Å². The lowest BCUT2D eigenvalue weighted by atomic mass is 9.83. The molecule has 3 aromatic carbocycles. The molecule has 0 bridgehead atoms. The van der Waals surface area contributed by atoms with E-state index in [-0.39, 0.29) is 0 Å². The number of hydrogen-bond acceptors (Lipinski definition) is 6. The average Bonchev–Trinajstić information content (AvgIpc) is 3.12. The minimum absolute atomic E-state index is 0.358. The molecular formula is C31H26N6O3. The van der Waals surface area contributed by atoms with Crippen molar-refractivity contribution in [2.45, 2.75) is 27.2 Å². The zero-order valence-corrected chi connectivity index (χ0v) is 22.3. The van der Waals surface area contributed by atoms with E-state index < -0.39 is 34.0 Å². The van der Waals surface area contributed by atoms with Crippen molar-refractivity contribution in [3.8, 4) is 0 Å². The third-order valence-corrected chi connectivity index (χ3v) is 8.74. The number of amides is 3. The number of para-hydroxylation sites is 3. The van der Waals surface area contributed by atoms with Crippen LogP contribution in [0.15, 0.2) is 106 Å². The van der Waals surface area contributed by atoms with E-state index >= 15 is 0 Å². The molecule has 40 heavy (non-hydrogen) atoms. The summed E-state index contributed by atoms with van der Waals surface area (Å²) in [6.07, 6.45) is 0.358. The number of rotatable bonds is 4. The summed E-state index contributed by atoms with van der Waals surface area (Å²) in [6.45, 7) is 5.35. The van der Waals surface area contributed by atoms with Gasteiger partial charge >= 0.3 is 0 Å². The molecule has 1 fully saturated rings. The molecule has 7 rings (SSSR count). The van der Waals surface area contributed by atoms with Crippen molar-refractivity contribution in [2.75, 3.05) is 15.0 Å². The van der Waals surface area contributed by atoms with Crippen molar-refractivity contribution in [3.63, 3.8) is 0 Å². The molecule has 9 heteroatoms. The number of carbonyl (C=O) groups is 3. The summed E-state index contributed by atoms with van der Waals surface area (Å²) in [5.74, 6) is -1.29. The molecule has 3 amide bonds. The fourth-order valence-electron chi connectivity index (χ4n) is 7.30. The highest BCUT2D eigenvalue weighted by molar-refractivity contribution is 6.48. The smallest absolute Gasteiger partial charge is 0.262 e. The second-order valence-electron chi connectivity index (χ2n) is 10.4. The Labute approximate surface area is 231 Å². The third-order valence-electron chi connectivity index (χ3n) is 8.74. The van der Waals surface area contributed by atoms with Crippen LogP contribution in [0.25, 0.3) is 0 Å². The maximum atomic E-state index is 14.8. The van der Waals surface area contributed by atoms with Crippen molar-refractivity contribution >= 4 is 51.9 Å². The van der Waals surface area contributed by atoms with E-state index in [0.29, 0.717) is 40.6 Å². The van der Waals surface area contributed by atoms with Crippen molar-refractivity contribution in [1.82, 2.24) is 0 Å². The van der Waals surface area contributed by atoms with Crippen LogP contribution in [0.4, 0.5) is 17.1 Å².